The van der Waals surface area contributed by atoms with E-state index in [1.165, 1.54) is 31.5 Å². The third-order valence-electron chi connectivity index (χ3n) is 5.01. The van der Waals surface area contributed by atoms with Crippen molar-refractivity contribution in [1.29, 1.82) is 0 Å². The summed E-state index contributed by atoms with van der Waals surface area (Å²) in [6.45, 7) is 5.04. The van der Waals surface area contributed by atoms with E-state index in [2.05, 4.69) is 11.8 Å². The molecule has 2 aliphatic heterocycles. The summed E-state index contributed by atoms with van der Waals surface area (Å²) < 4.78 is 13.3. The van der Waals surface area contributed by atoms with Gasteiger partial charge < -0.3 is 4.90 Å². The van der Waals surface area contributed by atoms with E-state index in [-0.39, 0.29) is 5.69 Å². The number of halogens is 1. The smallest absolute Gasteiger partial charge is 0.295 e. The van der Waals surface area contributed by atoms with Gasteiger partial charge in [-0.1, -0.05) is 0 Å². The molecule has 0 aromatic heterocycles. The molecule has 0 spiro atoms. The Hall–Kier alpha value is -1.69. The molecule has 1 aromatic carbocycles. The predicted octanol–water partition coefficient (Wildman–Crippen LogP) is 3.19. The van der Waals surface area contributed by atoms with Crippen molar-refractivity contribution in [3.63, 3.8) is 0 Å². The van der Waals surface area contributed by atoms with Crippen LogP contribution in [-0.2, 0) is 0 Å². The van der Waals surface area contributed by atoms with Crippen LogP contribution in [-0.4, -0.2) is 41.5 Å². The molecule has 3 rings (SSSR count). The maximum absolute atomic E-state index is 13.3. The van der Waals surface area contributed by atoms with E-state index in [0.717, 1.165) is 32.0 Å². The lowest BCUT2D eigenvalue weighted by Gasteiger charge is -2.39. The van der Waals surface area contributed by atoms with E-state index in [1.54, 1.807) is 0 Å². The average Bonchev–Trinajstić information content (AvgIpc) is 2.93. The number of benzene rings is 1. The van der Waals surface area contributed by atoms with Gasteiger partial charge in [-0.25, -0.2) is 4.39 Å². The molecular weight excluding hydrogens is 285 g/mol. The highest BCUT2D eigenvalue weighted by Crippen LogP contribution is 2.33. The Morgan fingerprint density at radius 3 is 2.55 bits per heavy atom. The lowest BCUT2D eigenvalue weighted by Crippen LogP contribution is -2.46. The predicted molar refractivity (Wildman–Crippen MR) is 83.7 cm³/mol. The second-order valence-electron chi connectivity index (χ2n) is 6.34. The summed E-state index contributed by atoms with van der Waals surface area (Å²) in [5, 5.41) is 11.1. The number of nitrogens with zero attached hydrogens (tertiary/aromatic N) is 3. The number of rotatable bonds is 3. The van der Waals surface area contributed by atoms with E-state index >= 15 is 0 Å². The molecule has 2 fully saturated rings. The molecule has 0 amide bonds. The van der Waals surface area contributed by atoms with Crippen LogP contribution in [0.25, 0.3) is 0 Å². The molecule has 0 N–H and O–H groups in total. The maximum atomic E-state index is 13.3. The van der Waals surface area contributed by atoms with Crippen molar-refractivity contribution in [3.05, 3.63) is 34.1 Å². The largest absolute Gasteiger partial charge is 0.366 e. The van der Waals surface area contributed by atoms with Crippen LogP contribution in [0.5, 0.6) is 0 Å². The Kier molecular flexibility index (Phi) is 4.29. The summed E-state index contributed by atoms with van der Waals surface area (Å²) in [5.41, 5.74) is 0.410. The number of hydrogen-bond acceptors (Lipinski definition) is 4. The average molecular weight is 307 g/mol. The van der Waals surface area contributed by atoms with Gasteiger partial charge in [0.05, 0.1) is 11.0 Å². The normalized spacial score (nSPS) is 23.9. The molecule has 1 aromatic rings. The zero-order chi connectivity index (χ0) is 15.7. The summed E-state index contributed by atoms with van der Waals surface area (Å²) in [5.74, 6) is -0.559. The molecule has 0 radical (unpaired) electrons. The number of piperidine rings is 1. The van der Waals surface area contributed by atoms with E-state index in [4.69, 9.17) is 0 Å². The molecule has 22 heavy (non-hydrogen) atoms. The molecule has 0 saturated carbocycles. The first kappa shape index (κ1) is 15.2. The highest BCUT2D eigenvalue weighted by Gasteiger charge is 2.32. The van der Waals surface area contributed by atoms with Gasteiger partial charge in [-0.15, -0.1) is 0 Å². The van der Waals surface area contributed by atoms with Crippen LogP contribution in [0.2, 0.25) is 0 Å². The van der Waals surface area contributed by atoms with Gasteiger partial charge >= 0.3 is 0 Å². The zero-order valence-corrected chi connectivity index (χ0v) is 12.9. The van der Waals surface area contributed by atoms with E-state index in [1.807, 2.05) is 4.90 Å². The standard InChI is InChI=1S/C16H22FN3O2/c1-12-3-2-8-19(12)14-6-9-18(10-7-14)15-5-4-13(17)11-16(15)20(21)22/h4-5,11-12,14H,2-3,6-10H2,1H3. The summed E-state index contributed by atoms with van der Waals surface area (Å²) in [7, 11) is 0. The Balaban J connectivity index is 1.70. The molecule has 1 atom stereocenters. The topological polar surface area (TPSA) is 49.6 Å². The van der Waals surface area contributed by atoms with Gasteiger partial charge in [0.1, 0.15) is 11.5 Å². The van der Waals surface area contributed by atoms with E-state index in [9.17, 15) is 14.5 Å². The van der Waals surface area contributed by atoms with Crippen molar-refractivity contribution in [2.75, 3.05) is 24.5 Å². The molecule has 2 aliphatic rings. The van der Waals surface area contributed by atoms with Crippen molar-refractivity contribution in [1.82, 2.24) is 4.90 Å². The highest BCUT2D eigenvalue weighted by atomic mass is 19.1. The Morgan fingerprint density at radius 1 is 1.23 bits per heavy atom. The molecule has 1 unspecified atom stereocenters. The number of nitro groups is 1. The third kappa shape index (κ3) is 2.92. The van der Waals surface area contributed by atoms with Crippen molar-refractivity contribution in [3.8, 4) is 0 Å². The van der Waals surface area contributed by atoms with E-state index in [0.29, 0.717) is 17.8 Å². The Morgan fingerprint density at radius 2 is 1.95 bits per heavy atom. The molecule has 2 saturated heterocycles. The minimum absolute atomic E-state index is 0.131. The fourth-order valence-electron chi connectivity index (χ4n) is 3.85. The SMILES string of the molecule is CC1CCCN1C1CCN(c2ccc(F)cc2[N+](=O)[O-])CC1. The molecule has 5 nitrogen and oxygen atoms in total. The Labute approximate surface area is 129 Å². The summed E-state index contributed by atoms with van der Waals surface area (Å²) in [6.07, 6.45) is 4.56. The second kappa shape index (κ2) is 6.20. The second-order valence-corrected chi connectivity index (χ2v) is 6.34. The van der Waals surface area contributed by atoms with Crippen LogP contribution < -0.4 is 4.90 Å². The monoisotopic (exact) mass is 307 g/mol. The molecule has 120 valence electrons. The zero-order valence-electron chi connectivity index (χ0n) is 12.9. The fourth-order valence-corrected chi connectivity index (χ4v) is 3.85. The molecule has 2 heterocycles. The van der Waals surface area contributed by atoms with Crippen molar-refractivity contribution < 1.29 is 9.31 Å². The summed E-state index contributed by atoms with van der Waals surface area (Å²) in [4.78, 5) is 15.2. The van der Waals surface area contributed by atoms with Crippen LogP contribution in [0, 0.1) is 15.9 Å². The summed E-state index contributed by atoms with van der Waals surface area (Å²) >= 11 is 0. The molecule has 6 heteroatoms. The first-order valence-electron chi connectivity index (χ1n) is 8.01. The number of hydrogen-bond donors (Lipinski definition) is 0. The van der Waals surface area contributed by atoms with Crippen LogP contribution >= 0.6 is 0 Å². The van der Waals surface area contributed by atoms with Crippen molar-refractivity contribution in [2.24, 2.45) is 0 Å². The van der Waals surface area contributed by atoms with Gasteiger partial charge in [0, 0.05) is 25.2 Å². The van der Waals surface area contributed by atoms with Crippen molar-refractivity contribution >= 4 is 11.4 Å². The molecule has 0 bridgehead atoms. The minimum Gasteiger partial charge on any atom is -0.366 e. The highest BCUT2D eigenvalue weighted by molar-refractivity contribution is 5.63. The molecular formula is C16H22FN3O2. The lowest BCUT2D eigenvalue weighted by molar-refractivity contribution is -0.384. The van der Waals surface area contributed by atoms with E-state index < -0.39 is 10.7 Å². The van der Waals surface area contributed by atoms with Gasteiger partial charge in [-0.2, -0.15) is 0 Å². The van der Waals surface area contributed by atoms with Crippen LogP contribution in [0.15, 0.2) is 18.2 Å². The fraction of sp³-hybridized carbons (Fsp3) is 0.625. The number of anilines is 1. The van der Waals surface area contributed by atoms with Crippen molar-refractivity contribution in [2.45, 2.75) is 44.7 Å². The first-order valence-corrected chi connectivity index (χ1v) is 8.01. The number of nitro benzene ring substituents is 1. The van der Waals surface area contributed by atoms with Gasteiger partial charge in [0.25, 0.3) is 5.69 Å². The van der Waals surface area contributed by atoms with Crippen LogP contribution in [0.1, 0.15) is 32.6 Å². The van der Waals surface area contributed by atoms with Crippen LogP contribution in [0.4, 0.5) is 15.8 Å². The first-order chi connectivity index (χ1) is 10.6. The van der Waals surface area contributed by atoms with Gasteiger partial charge in [0.2, 0.25) is 0 Å². The Bertz CT molecular complexity index is 558. The summed E-state index contributed by atoms with van der Waals surface area (Å²) in [6, 6.07) is 5.08. The van der Waals surface area contributed by atoms with Gasteiger partial charge in [-0.05, 0) is 51.3 Å². The maximum Gasteiger partial charge on any atom is 0.295 e. The molecule has 0 aliphatic carbocycles. The third-order valence-corrected chi connectivity index (χ3v) is 5.01. The minimum atomic E-state index is -0.559. The number of likely N-dealkylation sites (tertiary alicyclic amines) is 1. The van der Waals surface area contributed by atoms with Gasteiger partial charge in [0.15, 0.2) is 0 Å². The van der Waals surface area contributed by atoms with Crippen LogP contribution in [0.3, 0.4) is 0 Å². The quantitative estimate of drug-likeness (QED) is 0.635. The van der Waals surface area contributed by atoms with Gasteiger partial charge in [-0.3, -0.25) is 15.0 Å². The lowest BCUT2D eigenvalue weighted by atomic mass is 10.0.